The minimum atomic E-state index is -0.943. The fourth-order valence-corrected chi connectivity index (χ4v) is 1.11. The van der Waals surface area contributed by atoms with Crippen molar-refractivity contribution >= 4 is 11.9 Å². The Bertz CT molecular complexity index is 373. The molecule has 0 aliphatic heterocycles. The van der Waals surface area contributed by atoms with Crippen LogP contribution in [-0.4, -0.2) is 29.0 Å². The monoisotopic (exact) mass is 207 g/mol. The molecule has 0 bridgehead atoms. The number of nitrogens with two attached hydrogens (primary N) is 1. The number of rotatable bonds is 3. The van der Waals surface area contributed by atoms with Gasteiger partial charge in [0.2, 0.25) is 0 Å². The molecule has 0 heterocycles. The van der Waals surface area contributed by atoms with Gasteiger partial charge >= 0.3 is 5.97 Å². The second kappa shape index (κ2) is 4.45. The predicted octanol–water partition coefficient (Wildman–Crippen LogP) is 0.710. The molecule has 0 aliphatic rings. The van der Waals surface area contributed by atoms with Crippen LogP contribution in [0, 0.1) is 5.41 Å². The molecule has 15 heavy (non-hydrogen) atoms. The second-order valence-electron chi connectivity index (χ2n) is 3.24. The lowest BCUT2D eigenvalue weighted by molar-refractivity contribution is 0.0697. The van der Waals surface area contributed by atoms with Gasteiger partial charge in [-0.2, -0.15) is 0 Å². The minimum absolute atomic E-state index is 0.0164. The van der Waals surface area contributed by atoms with Gasteiger partial charge in [0.25, 0.3) is 0 Å². The van der Waals surface area contributed by atoms with Crippen molar-refractivity contribution in [2.75, 3.05) is 7.05 Å². The molecule has 1 aromatic carbocycles. The molecule has 1 aromatic rings. The number of carbonyl (C=O) groups is 1. The molecular weight excluding hydrogens is 194 g/mol. The number of carboxylic acids is 1. The number of guanidine groups is 1. The highest BCUT2D eigenvalue weighted by Gasteiger charge is 2.04. The standard InChI is InChI=1S/C10H13N3O2/c1-13(10(11)12)6-7-2-4-8(5-3-7)9(14)15/h2-5H,6H2,1H3,(H3,11,12)(H,14,15). The molecule has 0 saturated heterocycles. The molecule has 0 aromatic heterocycles. The van der Waals surface area contributed by atoms with Gasteiger partial charge < -0.3 is 15.7 Å². The molecule has 80 valence electrons. The highest BCUT2D eigenvalue weighted by molar-refractivity contribution is 5.87. The first kappa shape index (κ1) is 11.0. The summed E-state index contributed by atoms with van der Waals surface area (Å²) < 4.78 is 0. The third-order valence-electron chi connectivity index (χ3n) is 2.03. The zero-order chi connectivity index (χ0) is 11.4. The first-order valence-corrected chi connectivity index (χ1v) is 4.38. The Labute approximate surface area is 87.6 Å². The van der Waals surface area contributed by atoms with Gasteiger partial charge in [0.05, 0.1) is 5.56 Å². The summed E-state index contributed by atoms with van der Waals surface area (Å²) >= 11 is 0. The van der Waals surface area contributed by atoms with E-state index in [1.54, 1.807) is 24.1 Å². The summed E-state index contributed by atoms with van der Waals surface area (Å²) in [6.45, 7) is 0.495. The molecule has 0 fully saturated rings. The minimum Gasteiger partial charge on any atom is -0.478 e. The maximum atomic E-state index is 10.6. The molecule has 0 spiro atoms. The summed E-state index contributed by atoms with van der Waals surface area (Å²) in [5, 5.41) is 15.9. The maximum Gasteiger partial charge on any atom is 0.335 e. The van der Waals surface area contributed by atoms with Crippen molar-refractivity contribution < 1.29 is 9.90 Å². The average molecular weight is 207 g/mol. The van der Waals surface area contributed by atoms with Crippen molar-refractivity contribution in [3.8, 4) is 0 Å². The number of benzene rings is 1. The Morgan fingerprint density at radius 3 is 2.40 bits per heavy atom. The van der Waals surface area contributed by atoms with Gasteiger partial charge in [-0.15, -0.1) is 0 Å². The van der Waals surface area contributed by atoms with E-state index in [0.717, 1.165) is 5.56 Å². The summed E-state index contributed by atoms with van der Waals surface area (Å²) in [6, 6.07) is 6.49. The van der Waals surface area contributed by atoms with Crippen LogP contribution in [0.4, 0.5) is 0 Å². The van der Waals surface area contributed by atoms with Gasteiger partial charge in [-0.3, -0.25) is 5.41 Å². The molecular formula is C10H13N3O2. The molecule has 0 aliphatic carbocycles. The van der Waals surface area contributed by atoms with Gasteiger partial charge in [0.15, 0.2) is 5.96 Å². The van der Waals surface area contributed by atoms with Gasteiger partial charge in [-0.05, 0) is 17.7 Å². The third kappa shape index (κ3) is 2.98. The number of aromatic carboxylic acids is 1. The summed E-state index contributed by atoms with van der Waals surface area (Å²) in [5.41, 5.74) is 6.45. The summed E-state index contributed by atoms with van der Waals surface area (Å²) in [7, 11) is 1.70. The van der Waals surface area contributed by atoms with E-state index in [1.807, 2.05) is 0 Å². The van der Waals surface area contributed by atoms with E-state index in [1.165, 1.54) is 12.1 Å². The van der Waals surface area contributed by atoms with E-state index < -0.39 is 5.97 Å². The van der Waals surface area contributed by atoms with E-state index >= 15 is 0 Å². The van der Waals surface area contributed by atoms with Crippen LogP contribution in [0.5, 0.6) is 0 Å². The molecule has 1 rings (SSSR count). The first-order valence-electron chi connectivity index (χ1n) is 4.38. The van der Waals surface area contributed by atoms with Crippen LogP contribution in [0.1, 0.15) is 15.9 Å². The Balaban J connectivity index is 2.72. The fraction of sp³-hybridized carbons (Fsp3) is 0.200. The van der Waals surface area contributed by atoms with E-state index in [2.05, 4.69) is 0 Å². The lowest BCUT2D eigenvalue weighted by Crippen LogP contribution is -2.32. The SMILES string of the molecule is CN(Cc1ccc(C(=O)O)cc1)C(=N)N. The van der Waals surface area contributed by atoms with Crippen LogP contribution in [0.3, 0.4) is 0 Å². The molecule has 5 nitrogen and oxygen atoms in total. The zero-order valence-electron chi connectivity index (χ0n) is 8.40. The number of carboxylic acid groups (broad SMARTS) is 1. The smallest absolute Gasteiger partial charge is 0.335 e. The van der Waals surface area contributed by atoms with Crippen LogP contribution < -0.4 is 5.73 Å². The maximum absolute atomic E-state index is 10.6. The van der Waals surface area contributed by atoms with Gasteiger partial charge in [0, 0.05) is 13.6 Å². The molecule has 4 N–H and O–H groups in total. The average Bonchev–Trinajstić information content (AvgIpc) is 2.18. The second-order valence-corrected chi connectivity index (χ2v) is 3.24. The van der Waals surface area contributed by atoms with E-state index in [9.17, 15) is 4.79 Å². The van der Waals surface area contributed by atoms with Gasteiger partial charge in [-0.25, -0.2) is 4.79 Å². The van der Waals surface area contributed by atoms with Crippen LogP contribution >= 0.6 is 0 Å². The summed E-state index contributed by atoms with van der Waals surface area (Å²) in [4.78, 5) is 12.1. The molecule has 0 radical (unpaired) electrons. The lowest BCUT2D eigenvalue weighted by atomic mass is 10.1. The lowest BCUT2D eigenvalue weighted by Gasteiger charge is -2.16. The Kier molecular flexibility index (Phi) is 3.28. The molecule has 0 saturated carbocycles. The Morgan fingerprint density at radius 2 is 2.00 bits per heavy atom. The zero-order valence-corrected chi connectivity index (χ0v) is 8.40. The first-order chi connectivity index (χ1) is 7.00. The van der Waals surface area contributed by atoms with Crippen molar-refractivity contribution in [1.82, 2.24) is 4.90 Å². The van der Waals surface area contributed by atoms with E-state index in [4.69, 9.17) is 16.2 Å². The Morgan fingerprint density at radius 1 is 1.47 bits per heavy atom. The predicted molar refractivity (Wildman–Crippen MR) is 56.8 cm³/mol. The topological polar surface area (TPSA) is 90.4 Å². The van der Waals surface area contributed by atoms with Crippen molar-refractivity contribution in [2.24, 2.45) is 5.73 Å². The third-order valence-corrected chi connectivity index (χ3v) is 2.03. The highest BCUT2D eigenvalue weighted by atomic mass is 16.4. The fourth-order valence-electron chi connectivity index (χ4n) is 1.11. The van der Waals surface area contributed by atoms with Crippen molar-refractivity contribution in [3.63, 3.8) is 0 Å². The van der Waals surface area contributed by atoms with Crippen LogP contribution in [0.2, 0.25) is 0 Å². The normalized spacial score (nSPS) is 9.67. The van der Waals surface area contributed by atoms with Crippen LogP contribution in [-0.2, 0) is 6.54 Å². The number of hydrogen-bond acceptors (Lipinski definition) is 2. The number of nitrogens with one attached hydrogen (secondary N) is 1. The van der Waals surface area contributed by atoms with Gasteiger partial charge in [-0.1, -0.05) is 12.1 Å². The van der Waals surface area contributed by atoms with E-state index in [-0.39, 0.29) is 11.5 Å². The molecule has 5 heteroatoms. The van der Waals surface area contributed by atoms with Crippen LogP contribution in [0.15, 0.2) is 24.3 Å². The van der Waals surface area contributed by atoms with Crippen molar-refractivity contribution in [1.29, 1.82) is 5.41 Å². The van der Waals surface area contributed by atoms with Gasteiger partial charge in [0.1, 0.15) is 0 Å². The van der Waals surface area contributed by atoms with E-state index in [0.29, 0.717) is 6.54 Å². The Hall–Kier alpha value is -2.04. The quantitative estimate of drug-likeness (QED) is 0.503. The highest BCUT2D eigenvalue weighted by Crippen LogP contribution is 2.06. The number of nitrogens with zero attached hydrogens (tertiary/aromatic N) is 1. The summed E-state index contributed by atoms with van der Waals surface area (Å²) in [5.74, 6) is -0.959. The molecule has 0 unspecified atom stereocenters. The van der Waals surface area contributed by atoms with Crippen molar-refractivity contribution in [3.05, 3.63) is 35.4 Å². The van der Waals surface area contributed by atoms with Crippen LogP contribution in [0.25, 0.3) is 0 Å². The summed E-state index contributed by atoms with van der Waals surface area (Å²) in [6.07, 6.45) is 0. The molecule has 0 amide bonds. The largest absolute Gasteiger partial charge is 0.478 e. The number of hydrogen-bond donors (Lipinski definition) is 3. The van der Waals surface area contributed by atoms with Crippen molar-refractivity contribution in [2.45, 2.75) is 6.54 Å². The molecule has 0 atom stereocenters.